The number of epoxide rings is 1. The van der Waals surface area contributed by atoms with Gasteiger partial charge in [-0.05, 0) is 30.6 Å². The van der Waals surface area contributed by atoms with E-state index in [2.05, 4.69) is 32.0 Å². The van der Waals surface area contributed by atoms with Crippen LogP contribution in [-0.2, 0) is 9.47 Å². The first-order valence-electron chi connectivity index (χ1n) is 6.27. The van der Waals surface area contributed by atoms with Crippen molar-refractivity contribution in [3.05, 3.63) is 22.8 Å². The SMILES string of the molecule is CC1=CC(C)=C(/C=N/O)C(C)(C)C1OCC1CO1. The average Bonchev–Trinajstić information content (AvgIpc) is 3.07. The summed E-state index contributed by atoms with van der Waals surface area (Å²) in [4.78, 5) is 0. The van der Waals surface area contributed by atoms with E-state index in [0.29, 0.717) is 6.61 Å². The van der Waals surface area contributed by atoms with Gasteiger partial charge in [-0.15, -0.1) is 0 Å². The predicted octanol–water partition coefficient (Wildman–Crippen LogP) is 2.53. The van der Waals surface area contributed by atoms with Crippen molar-refractivity contribution < 1.29 is 14.7 Å². The predicted molar refractivity (Wildman–Crippen MR) is 70.0 cm³/mol. The molecule has 0 radical (unpaired) electrons. The van der Waals surface area contributed by atoms with E-state index in [4.69, 9.17) is 14.7 Å². The molecule has 1 fully saturated rings. The van der Waals surface area contributed by atoms with Crippen molar-refractivity contribution >= 4 is 6.21 Å². The van der Waals surface area contributed by atoms with Crippen LogP contribution in [0.25, 0.3) is 0 Å². The van der Waals surface area contributed by atoms with Crippen LogP contribution < -0.4 is 0 Å². The number of allylic oxidation sites excluding steroid dienone is 2. The van der Waals surface area contributed by atoms with Gasteiger partial charge in [-0.2, -0.15) is 0 Å². The van der Waals surface area contributed by atoms with Crippen LogP contribution in [0.1, 0.15) is 27.7 Å². The highest BCUT2D eigenvalue weighted by atomic mass is 16.6. The van der Waals surface area contributed by atoms with Crippen LogP contribution in [0.15, 0.2) is 28.0 Å². The van der Waals surface area contributed by atoms with Crippen LogP contribution in [0.4, 0.5) is 0 Å². The Hall–Kier alpha value is -1.13. The first-order chi connectivity index (χ1) is 8.46. The topological polar surface area (TPSA) is 54.4 Å². The summed E-state index contributed by atoms with van der Waals surface area (Å²) in [5, 5.41) is 12.0. The van der Waals surface area contributed by atoms with Gasteiger partial charge in [0.15, 0.2) is 0 Å². The second kappa shape index (κ2) is 4.86. The highest BCUT2D eigenvalue weighted by molar-refractivity contribution is 5.82. The lowest BCUT2D eigenvalue weighted by Crippen LogP contribution is -2.39. The van der Waals surface area contributed by atoms with Gasteiger partial charge in [0.2, 0.25) is 0 Å². The molecule has 0 aromatic carbocycles. The molecule has 4 nitrogen and oxygen atoms in total. The van der Waals surface area contributed by atoms with E-state index in [0.717, 1.165) is 17.8 Å². The minimum Gasteiger partial charge on any atom is -0.411 e. The molecule has 0 bridgehead atoms. The summed E-state index contributed by atoms with van der Waals surface area (Å²) in [5.74, 6) is 0. The molecule has 2 rings (SSSR count). The molecule has 0 amide bonds. The first-order valence-corrected chi connectivity index (χ1v) is 6.27. The Morgan fingerprint density at radius 1 is 1.56 bits per heavy atom. The third-order valence-corrected chi connectivity index (χ3v) is 3.67. The highest BCUT2D eigenvalue weighted by Gasteiger charge is 2.39. The molecule has 2 aliphatic rings. The van der Waals surface area contributed by atoms with Crippen LogP contribution in [0.3, 0.4) is 0 Å². The summed E-state index contributed by atoms with van der Waals surface area (Å²) < 4.78 is 11.2. The Morgan fingerprint density at radius 2 is 2.22 bits per heavy atom. The fourth-order valence-electron chi connectivity index (χ4n) is 2.75. The number of ether oxygens (including phenoxy) is 2. The van der Waals surface area contributed by atoms with E-state index in [1.807, 2.05) is 6.92 Å². The zero-order chi connectivity index (χ0) is 13.3. The van der Waals surface area contributed by atoms with E-state index < -0.39 is 0 Å². The molecule has 4 heteroatoms. The summed E-state index contributed by atoms with van der Waals surface area (Å²) in [6.07, 6.45) is 3.87. The minimum absolute atomic E-state index is 0.00148. The lowest BCUT2D eigenvalue weighted by Gasteiger charge is -2.39. The molecule has 18 heavy (non-hydrogen) atoms. The van der Waals surface area contributed by atoms with E-state index in [1.54, 1.807) is 0 Å². The van der Waals surface area contributed by atoms with E-state index in [9.17, 15) is 0 Å². The molecule has 0 aromatic rings. The lowest BCUT2D eigenvalue weighted by atomic mass is 9.71. The molecule has 0 saturated carbocycles. The van der Waals surface area contributed by atoms with Crippen molar-refractivity contribution in [2.24, 2.45) is 10.6 Å². The summed E-state index contributed by atoms with van der Waals surface area (Å²) >= 11 is 0. The van der Waals surface area contributed by atoms with Gasteiger partial charge in [0.1, 0.15) is 6.10 Å². The van der Waals surface area contributed by atoms with Crippen molar-refractivity contribution in [3.63, 3.8) is 0 Å². The van der Waals surface area contributed by atoms with E-state index in [1.165, 1.54) is 11.8 Å². The molecule has 1 aliphatic carbocycles. The van der Waals surface area contributed by atoms with Gasteiger partial charge >= 0.3 is 0 Å². The molecule has 1 aliphatic heterocycles. The average molecular weight is 251 g/mol. The van der Waals surface area contributed by atoms with Gasteiger partial charge in [-0.3, -0.25) is 0 Å². The smallest absolute Gasteiger partial charge is 0.104 e. The Kier molecular flexibility index (Phi) is 3.59. The molecule has 1 heterocycles. The summed E-state index contributed by atoms with van der Waals surface area (Å²) in [6.45, 7) is 9.77. The third kappa shape index (κ3) is 2.49. The Labute approximate surface area is 108 Å². The van der Waals surface area contributed by atoms with E-state index in [-0.39, 0.29) is 17.6 Å². The highest BCUT2D eigenvalue weighted by Crippen LogP contribution is 2.41. The van der Waals surface area contributed by atoms with Crippen LogP contribution >= 0.6 is 0 Å². The first kappa shape index (κ1) is 13.3. The summed E-state index contributed by atoms with van der Waals surface area (Å²) in [5.41, 5.74) is 3.13. The molecule has 2 unspecified atom stereocenters. The lowest BCUT2D eigenvalue weighted by molar-refractivity contribution is 0.00765. The molecular formula is C14H21NO3. The monoisotopic (exact) mass is 251 g/mol. The largest absolute Gasteiger partial charge is 0.411 e. The van der Waals surface area contributed by atoms with Crippen LogP contribution in [-0.4, -0.2) is 36.8 Å². The van der Waals surface area contributed by atoms with E-state index >= 15 is 0 Å². The zero-order valence-electron chi connectivity index (χ0n) is 11.4. The summed E-state index contributed by atoms with van der Waals surface area (Å²) in [6, 6.07) is 0. The van der Waals surface area contributed by atoms with Crippen LogP contribution in [0.5, 0.6) is 0 Å². The van der Waals surface area contributed by atoms with Gasteiger partial charge < -0.3 is 14.7 Å². The molecule has 1 saturated heterocycles. The molecule has 2 atom stereocenters. The molecule has 1 N–H and O–H groups in total. The zero-order valence-corrected chi connectivity index (χ0v) is 11.4. The Balaban J connectivity index is 2.22. The van der Waals surface area contributed by atoms with Gasteiger partial charge in [0, 0.05) is 5.41 Å². The van der Waals surface area contributed by atoms with Gasteiger partial charge in [-0.1, -0.05) is 25.1 Å². The van der Waals surface area contributed by atoms with Gasteiger partial charge in [-0.25, -0.2) is 0 Å². The van der Waals surface area contributed by atoms with Gasteiger partial charge in [0.05, 0.1) is 25.5 Å². The number of hydrogen-bond acceptors (Lipinski definition) is 4. The maximum Gasteiger partial charge on any atom is 0.104 e. The van der Waals surface area contributed by atoms with Crippen molar-refractivity contribution in [2.75, 3.05) is 13.2 Å². The fourth-order valence-corrected chi connectivity index (χ4v) is 2.75. The van der Waals surface area contributed by atoms with Crippen LogP contribution in [0.2, 0.25) is 0 Å². The number of hydrogen-bond donors (Lipinski definition) is 1. The second-order valence-electron chi connectivity index (χ2n) is 5.62. The van der Waals surface area contributed by atoms with Gasteiger partial charge in [0.25, 0.3) is 0 Å². The third-order valence-electron chi connectivity index (χ3n) is 3.67. The molecule has 0 aromatic heterocycles. The number of nitrogens with zero attached hydrogens (tertiary/aromatic N) is 1. The Morgan fingerprint density at radius 3 is 2.78 bits per heavy atom. The molecular weight excluding hydrogens is 230 g/mol. The summed E-state index contributed by atoms with van der Waals surface area (Å²) in [7, 11) is 0. The minimum atomic E-state index is -0.204. The number of oxime groups is 1. The van der Waals surface area contributed by atoms with Crippen molar-refractivity contribution in [1.82, 2.24) is 0 Å². The van der Waals surface area contributed by atoms with Crippen LogP contribution in [0, 0.1) is 5.41 Å². The maximum absolute atomic E-state index is 8.80. The molecule has 0 spiro atoms. The van der Waals surface area contributed by atoms with Crippen molar-refractivity contribution in [3.8, 4) is 0 Å². The second-order valence-corrected chi connectivity index (χ2v) is 5.62. The fraction of sp³-hybridized carbons (Fsp3) is 0.643. The quantitative estimate of drug-likeness (QED) is 0.361. The molecule has 100 valence electrons. The standard InChI is InChI=1S/C14H21NO3/c1-9-5-10(2)13(18-8-11-7-17-11)14(3,4)12(9)6-15-16/h5-6,11,13,16H,7-8H2,1-4H3/b15-6+. The van der Waals surface area contributed by atoms with Crippen molar-refractivity contribution in [1.29, 1.82) is 0 Å². The number of rotatable bonds is 4. The normalized spacial score (nSPS) is 30.8. The Bertz CT molecular complexity index is 417. The maximum atomic E-state index is 8.80. The van der Waals surface area contributed by atoms with Crippen molar-refractivity contribution in [2.45, 2.75) is 39.9 Å².